The third-order valence-corrected chi connectivity index (χ3v) is 7.17. The van der Waals surface area contributed by atoms with E-state index in [1.807, 2.05) is 7.05 Å². The van der Waals surface area contributed by atoms with Crippen LogP contribution in [0.15, 0.2) is 59.4 Å². The van der Waals surface area contributed by atoms with Gasteiger partial charge in [-0.05, 0) is 48.9 Å². The predicted octanol–water partition coefficient (Wildman–Crippen LogP) is 4.90. The highest BCUT2D eigenvalue weighted by Gasteiger charge is 2.31. The van der Waals surface area contributed by atoms with Crippen LogP contribution in [0.2, 0.25) is 0 Å². The minimum absolute atomic E-state index is 0.127. The van der Waals surface area contributed by atoms with Crippen LogP contribution in [-0.2, 0) is 13.6 Å². The Morgan fingerprint density at radius 3 is 2.45 bits per heavy atom. The molecule has 0 bridgehead atoms. The molecule has 0 aliphatic heterocycles. The third kappa shape index (κ3) is 6.58. The van der Waals surface area contributed by atoms with Crippen LogP contribution in [0.3, 0.4) is 0 Å². The number of imidazole rings is 1. The number of ether oxygens (including phenoxy) is 1. The lowest BCUT2D eigenvalue weighted by molar-refractivity contribution is -0.274. The maximum Gasteiger partial charge on any atom is 0.573 e. The number of carbonyl (C=O) groups is 2. The summed E-state index contributed by atoms with van der Waals surface area (Å²) in [4.78, 5) is 30.1. The van der Waals surface area contributed by atoms with Gasteiger partial charge in [-0.15, -0.1) is 35.8 Å². The van der Waals surface area contributed by atoms with E-state index in [2.05, 4.69) is 25.6 Å². The molecule has 0 saturated heterocycles. The number of aromatic nitrogens is 2. The number of benzene rings is 1. The second-order valence-electron chi connectivity index (χ2n) is 7.91. The molecule has 0 fully saturated rings. The molecule has 0 aliphatic carbocycles. The van der Waals surface area contributed by atoms with E-state index in [0.717, 1.165) is 34.8 Å². The highest BCUT2D eigenvalue weighted by molar-refractivity contribution is 7.16. The van der Waals surface area contributed by atoms with Crippen LogP contribution in [0.4, 0.5) is 13.2 Å². The highest BCUT2D eigenvalue weighted by Crippen LogP contribution is 2.39. The molecule has 0 aliphatic rings. The van der Waals surface area contributed by atoms with Gasteiger partial charge >= 0.3 is 6.36 Å². The van der Waals surface area contributed by atoms with E-state index < -0.39 is 12.3 Å². The van der Waals surface area contributed by atoms with Gasteiger partial charge in [0.15, 0.2) is 0 Å². The quantitative estimate of drug-likeness (QED) is 0.208. The van der Waals surface area contributed by atoms with Crippen molar-refractivity contribution in [3.63, 3.8) is 0 Å². The maximum absolute atomic E-state index is 12.5. The Hall–Kier alpha value is -4.17. The Kier molecular flexibility index (Phi) is 7.83. The molecule has 0 atom stereocenters. The summed E-state index contributed by atoms with van der Waals surface area (Å²) in [5.74, 6) is -1.38. The summed E-state index contributed by atoms with van der Waals surface area (Å²) in [7, 11) is 1.82. The number of hydrazone groups is 1. The van der Waals surface area contributed by atoms with Gasteiger partial charge in [0.25, 0.3) is 11.8 Å². The SMILES string of the molecule is CC(=NNC(=O)c1ccc(C(=O)NCc2cn(C)cn2)s1)c1csc(-c2ccc(OC(F)(F)F)cc2)c1O. The molecular weight excluding hydrogens is 543 g/mol. The zero-order chi connectivity index (χ0) is 27.4. The van der Waals surface area contributed by atoms with Crippen LogP contribution >= 0.6 is 22.7 Å². The first-order valence-corrected chi connectivity index (χ1v) is 12.6. The lowest BCUT2D eigenvalue weighted by Crippen LogP contribution is -2.22. The average molecular weight is 564 g/mol. The molecule has 0 radical (unpaired) electrons. The molecule has 4 rings (SSSR count). The van der Waals surface area contributed by atoms with E-state index in [1.54, 1.807) is 29.4 Å². The summed E-state index contributed by atoms with van der Waals surface area (Å²) in [5, 5.41) is 19.0. The predicted molar refractivity (Wildman–Crippen MR) is 136 cm³/mol. The minimum Gasteiger partial charge on any atom is -0.506 e. The number of amides is 2. The molecule has 3 N–H and O–H groups in total. The number of alkyl halides is 3. The van der Waals surface area contributed by atoms with Crippen LogP contribution in [-0.4, -0.2) is 38.5 Å². The number of halogens is 3. The first-order chi connectivity index (χ1) is 18.0. The van der Waals surface area contributed by atoms with Gasteiger partial charge in [-0.25, -0.2) is 10.4 Å². The fourth-order valence-corrected chi connectivity index (χ4v) is 5.09. The first kappa shape index (κ1) is 26.9. The highest BCUT2D eigenvalue weighted by atomic mass is 32.1. The van der Waals surface area contributed by atoms with Gasteiger partial charge in [0.05, 0.1) is 44.5 Å². The van der Waals surface area contributed by atoms with Crippen LogP contribution in [0.5, 0.6) is 11.5 Å². The van der Waals surface area contributed by atoms with Crippen molar-refractivity contribution >= 4 is 40.2 Å². The Morgan fingerprint density at radius 1 is 1.13 bits per heavy atom. The number of thiophene rings is 2. The number of nitrogens with one attached hydrogen (secondary N) is 2. The van der Waals surface area contributed by atoms with Gasteiger partial charge in [0.2, 0.25) is 0 Å². The van der Waals surface area contributed by atoms with Gasteiger partial charge in [0, 0.05) is 18.6 Å². The number of rotatable bonds is 8. The molecule has 4 aromatic rings. The number of carbonyl (C=O) groups excluding carboxylic acids is 2. The van der Waals surface area contributed by atoms with Crippen molar-refractivity contribution in [3.05, 3.63) is 75.3 Å². The molecule has 2 amide bonds. The van der Waals surface area contributed by atoms with Crippen molar-refractivity contribution in [2.75, 3.05) is 0 Å². The fraction of sp³-hybridized carbons (Fsp3) is 0.167. The van der Waals surface area contributed by atoms with E-state index >= 15 is 0 Å². The normalized spacial score (nSPS) is 11.9. The van der Waals surface area contributed by atoms with E-state index in [0.29, 0.717) is 32.3 Å². The van der Waals surface area contributed by atoms with Crippen molar-refractivity contribution in [1.82, 2.24) is 20.3 Å². The van der Waals surface area contributed by atoms with Gasteiger partial charge in [-0.2, -0.15) is 5.10 Å². The Bertz CT molecular complexity index is 1490. The molecular formula is C24H20F3N5O4S2. The molecule has 38 heavy (non-hydrogen) atoms. The number of nitrogens with zero attached hydrogens (tertiary/aromatic N) is 3. The summed E-state index contributed by atoms with van der Waals surface area (Å²) in [6, 6.07) is 8.13. The van der Waals surface area contributed by atoms with E-state index in [9.17, 15) is 27.9 Å². The Balaban J connectivity index is 1.37. The van der Waals surface area contributed by atoms with Crippen molar-refractivity contribution in [3.8, 4) is 21.9 Å². The second-order valence-corrected chi connectivity index (χ2v) is 9.88. The molecule has 1 aromatic carbocycles. The number of aromatic hydroxyl groups is 1. The average Bonchev–Trinajstić information content (AvgIpc) is 3.60. The molecule has 3 aromatic heterocycles. The van der Waals surface area contributed by atoms with Crippen molar-refractivity contribution < 1.29 is 32.6 Å². The largest absolute Gasteiger partial charge is 0.573 e. The van der Waals surface area contributed by atoms with Gasteiger partial charge in [0.1, 0.15) is 11.5 Å². The van der Waals surface area contributed by atoms with Gasteiger partial charge < -0.3 is 19.7 Å². The maximum atomic E-state index is 12.5. The lowest BCUT2D eigenvalue weighted by atomic mass is 10.1. The fourth-order valence-electron chi connectivity index (χ4n) is 3.27. The van der Waals surface area contributed by atoms with E-state index in [1.165, 1.54) is 24.3 Å². The van der Waals surface area contributed by atoms with E-state index in [4.69, 9.17) is 0 Å². The van der Waals surface area contributed by atoms with E-state index in [-0.39, 0.29) is 28.8 Å². The zero-order valence-electron chi connectivity index (χ0n) is 19.9. The van der Waals surface area contributed by atoms with Crippen molar-refractivity contribution in [2.45, 2.75) is 19.8 Å². The Labute approximate surface area is 222 Å². The summed E-state index contributed by atoms with van der Waals surface area (Å²) >= 11 is 2.16. The van der Waals surface area contributed by atoms with Gasteiger partial charge in [-0.3, -0.25) is 9.59 Å². The molecule has 0 spiro atoms. The molecule has 9 nitrogen and oxygen atoms in total. The van der Waals surface area contributed by atoms with Crippen LogP contribution in [0, 0.1) is 0 Å². The minimum atomic E-state index is -4.80. The summed E-state index contributed by atoms with van der Waals surface area (Å²) in [6.07, 6.45) is -1.39. The molecule has 0 saturated carbocycles. The standard InChI is InChI=1S/C24H20F3N5O4S2/c1-13(17-11-37-21(20(17)33)14-3-5-16(6-4-14)36-24(25,26)27)30-31-23(35)19-8-7-18(38-19)22(34)28-9-15-10-32(2)12-29-15/h3-8,10-12,33H,9H2,1-2H3,(H,28,34)(H,31,35). The molecule has 3 heterocycles. The van der Waals surface area contributed by atoms with Crippen LogP contribution in [0.25, 0.3) is 10.4 Å². The summed E-state index contributed by atoms with van der Waals surface area (Å²) < 4.78 is 42.7. The first-order valence-electron chi connectivity index (χ1n) is 10.9. The smallest absolute Gasteiger partial charge is 0.506 e. The van der Waals surface area contributed by atoms with Crippen molar-refractivity contribution in [1.29, 1.82) is 0 Å². The molecule has 14 heteroatoms. The number of hydrogen-bond acceptors (Lipinski definition) is 8. The van der Waals surface area contributed by atoms with Crippen LogP contribution < -0.4 is 15.5 Å². The van der Waals surface area contributed by atoms with Gasteiger partial charge in [-0.1, -0.05) is 0 Å². The summed E-state index contributed by atoms with van der Waals surface area (Å²) in [5.41, 5.74) is 4.24. The number of aryl methyl sites for hydroxylation is 1. The van der Waals surface area contributed by atoms with Crippen molar-refractivity contribution in [2.24, 2.45) is 12.1 Å². The number of hydrogen-bond donors (Lipinski definition) is 3. The monoisotopic (exact) mass is 563 g/mol. The Morgan fingerprint density at radius 2 is 1.82 bits per heavy atom. The molecule has 198 valence electrons. The molecule has 0 unspecified atom stereocenters. The zero-order valence-corrected chi connectivity index (χ0v) is 21.5. The third-order valence-electron chi connectivity index (χ3n) is 5.07. The summed E-state index contributed by atoms with van der Waals surface area (Å²) in [6.45, 7) is 1.83. The lowest BCUT2D eigenvalue weighted by Gasteiger charge is -2.09. The van der Waals surface area contributed by atoms with Crippen LogP contribution in [0.1, 0.15) is 37.5 Å². The topological polar surface area (TPSA) is 118 Å². The second kappa shape index (κ2) is 11.1.